The lowest BCUT2D eigenvalue weighted by molar-refractivity contribution is -0.00314. The number of nitrogens with zero attached hydrogens (tertiary/aromatic N) is 1. The van der Waals surface area contributed by atoms with Gasteiger partial charge in [-0.15, -0.1) is 0 Å². The third-order valence-electron chi connectivity index (χ3n) is 9.39. The van der Waals surface area contributed by atoms with Crippen molar-refractivity contribution in [1.29, 1.82) is 0 Å². The van der Waals surface area contributed by atoms with Crippen LogP contribution in [0.2, 0.25) is 5.04 Å². The van der Waals surface area contributed by atoms with E-state index in [0.29, 0.717) is 17.9 Å². The van der Waals surface area contributed by atoms with Crippen molar-refractivity contribution in [3.8, 4) is 0 Å². The van der Waals surface area contributed by atoms with E-state index in [0.717, 1.165) is 13.2 Å². The van der Waals surface area contributed by atoms with E-state index in [-0.39, 0.29) is 5.04 Å². The van der Waals surface area contributed by atoms with Crippen LogP contribution in [0.4, 0.5) is 0 Å². The molecule has 3 fully saturated rings. The molecule has 1 unspecified atom stereocenters. The molecular weight excluding hydrogens is 515 g/mol. The highest BCUT2D eigenvalue weighted by Gasteiger charge is 2.51. The highest BCUT2D eigenvalue weighted by Crippen LogP contribution is 2.41. The topological polar surface area (TPSA) is 12.5 Å². The molecule has 0 N–H and O–H groups in total. The molecule has 2 nitrogen and oxygen atoms in total. The van der Waals surface area contributed by atoms with Gasteiger partial charge < -0.3 is 4.43 Å². The van der Waals surface area contributed by atoms with Crippen molar-refractivity contribution in [1.82, 2.24) is 4.90 Å². The molecule has 3 heteroatoms. The van der Waals surface area contributed by atoms with Gasteiger partial charge in [-0.2, -0.15) is 0 Å². The van der Waals surface area contributed by atoms with Gasteiger partial charge in [0.05, 0.1) is 6.61 Å². The minimum absolute atomic E-state index is 0.00423. The second-order valence-electron chi connectivity index (χ2n) is 12.9. The van der Waals surface area contributed by atoms with E-state index in [9.17, 15) is 0 Å². The third kappa shape index (κ3) is 5.64. The van der Waals surface area contributed by atoms with E-state index in [4.69, 9.17) is 4.43 Å². The average Bonchev–Trinajstić information content (AvgIpc) is 3.02. The molecule has 3 saturated heterocycles. The normalized spacial score (nSPS) is 22.3. The summed E-state index contributed by atoms with van der Waals surface area (Å²) in [7, 11) is -2.53. The lowest BCUT2D eigenvalue weighted by Gasteiger charge is -2.51. The number of hydrogen-bond donors (Lipinski definition) is 0. The monoisotopic (exact) mass is 557 g/mol. The fourth-order valence-corrected chi connectivity index (χ4v) is 11.9. The van der Waals surface area contributed by atoms with Crippen LogP contribution in [0.15, 0.2) is 127 Å². The second-order valence-corrected chi connectivity index (χ2v) is 17.2. The van der Waals surface area contributed by atoms with Crippen molar-refractivity contribution in [3.05, 3.63) is 139 Å². The molecule has 0 saturated carbocycles. The lowest BCUT2D eigenvalue weighted by atomic mass is 9.74. The number of hydrogen-bond acceptors (Lipinski definition) is 2. The average molecular weight is 558 g/mol. The standard InChI is InChI=1S/C38H43NOSi/c1-38(2,3)41(35-20-12-6-13-21-35,36-22-14-7-15-23-36)40-29-34-26-32-24-25-39(34)28-33(32)27-37(30-16-8-4-9-17-30)31-18-10-5-11-19-31/h4-23,27,32-34H,24-26,28-29H2,1-3H3/t32-,33+,34-/m1/s1. The molecule has 41 heavy (non-hydrogen) atoms. The van der Waals surface area contributed by atoms with E-state index in [1.807, 2.05) is 0 Å². The molecule has 7 rings (SSSR count). The maximum atomic E-state index is 7.40. The maximum absolute atomic E-state index is 7.40. The van der Waals surface area contributed by atoms with Crippen LogP contribution >= 0.6 is 0 Å². The van der Waals surface area contributed by atoms with E-state index in [2.05, 4.69) is 153 Å². The molecule has 3 heterocycles. The first-order valence-corrected chi connectivity index (χ1v) is 17.2. The summed E-state index contributed by atoms with van der Waals surface area (Å²) in [5.74, 6) is 1.25. The number of benzene rings is 4. The fourth-order valence-electron chi connectivity index (χ4n) is 7.33. The first-order valence-electron chi connectivity index (χ1n) is 15.3. The van der Waals surface area contributed by atoms with Gasteiger partial charge in [-0.1, -0.05) is 148 Å². The van der Waals surface area contributed by atoms with E-state index >= 15 is 0 Å². The summed E-state index contributed by atoms with van der Waals surface area (Å²) in [4.78, 5) is 2.73. The molecule has 0 radical (unpaired) electrons. The zero-order valence-electron chi connectivity index (χ0n) is 24.7. The molecule has 4 aromatic rings. The predicted molar refractivity (Wildman–Crippen MR) is 175 cm³/mol. The van der Waals surface area contributed by atoms with Gasteiger partial charge in [-0.05, 0) is 63.3 Å². The van der Waals surface area contributed by atoms with Crippen molar-refractivity contribution in [3.63, 3.8) is 0 Å². The van der Waals surface area contributed by atoms with Crippen LogP contribution in [0, 0.1) is 11.8 Å². The van der Waals surface area contributed by atoms with Gasteiger partial charge in [0.15, 0.2) is 0 Å². The molecular formula is C38H43NOSi. The Morgan fingerprint density at radius 1 is 0.756 bits per heavy atom. The highest BCUT2D eigenvalue weighted by molar-refractivity contribution is 6.99. The first-order chi connectivity index (χ1) is 20.0. The molecule has 210 valence electrons. The summed E-state index contributed by atoms with van der Waals surface area (Å²) in [5, 5.41) is 2.74. The highest BCUT2D eigenvalue weighted by atomic mass is 28.4. The zero-order chi connectivity index (χ0) is 28.3. The summed E-state index contributed by atoms with van der Waals surface area (Å²) in [6.07, 6.45) is 5.06. The van der Waals surface area contributed by atoms with E-state index in [1.165, 1.54) is 46.5 Å². The van der Waals surface area contributed by atoms with Gasteiger partial charge in [0.2, 0.25) is 0 Å². The Hall–Kier alpha value is -3.24. The number of fused-ring (bicyclic) bond motifs is 3. The van der Waals surface area contributed by atoms with Gasteiger partial charge in [0, 0.05) is 12.6 Å². The molecule has 0 aromatic heterocycles. The Labute approximate surface area is 247 Å². The summed E-state index contributed by atoms with van der Waals surface area (Å²) in [5.41, 5.74) is 3.98. The summed E-state index contributed by atoms with van der Waals surface area (Å²) < 4.78 is 7.40. The van der Waals surface area contributed by atoms with Crippen LogP contribution < -0.4 is 10.4 Å². The first kappa shape index (κ1) is 27.9. The second kappa shape index (κ2) is 11.9. The molecule has 2 bridgehead atoms. The Kier molecular flexibility index (Phi) is 8.12. The van der Waals surface area contributed by atoms with Gasteiger partial charge >= 0.3 is 0 Å². The van der Waals surface area contributed by atoms with Crippen molar-refractivity contribution >= 4 is 24.3 Å². The number of piperidine rings is 3. The minimum atomic E-state index is -2.53. The Balaban J connectivity index is 1.27. The van der Waals surface area contributed by atoms with E-state index in [1.54, 1.807) is 0 Å². The largest absolute Gasteiger partial charge is 0.406 e. The Morgan fingerprint density at radius 2 is 1.24 bits per heavy atom. The van der Waals surface area contributed by atoms with Gasteiger partial charge in [-0.3, -0.25) is 4.90 Å². The Morgan fingerprint density at radius 3 is 1.68 bits per heavy atom. The fraction of sp³-hybridized carbons (Fsp3) is 0.316. The van der Waals surface area contributed by atoms with Crippen molar-refractivity contribution in [2.75, 3.05) is 19.7 Å². The minimum Gasteiger partial charge on any atom is -0.406 e. The van der Waals surface area contributed by atoms with Gasteiger partial charge in [-0.25, -0.2) is 0 Å². The van der Waals surface area contributed by atoms with Crippen molar-refractivity contribution in [2.45, 2.75) is 44.7 Å². The SMILES string of the molecule is CC(C)(C)[Si](OC[C@H]1C[C@H]2CCN1C[C@@H]2C=C(c1ccccc1)c1ccccc1)(c1ccccc1)c1ccccc1. The van der Waals surface area contributed by atoms with Crippen LogP contribution in [0.3, 0.4) is 0 Å². The zero-order valence-corrected chi connectivity index (χ0v) is 25.7. The summed E-state index contributed by atoms with van der Waals surface area (Å²) in [6, 6.07) is 44.4. The van der Waals surface area contributed by atoms with Crippen LogP contribution in [-0.2, 0) is 4.43 Å². The number of rotatable bonds is 8. The van der Waals surface area contributed by atoms with Crippen molar-refractivity contribution in [2.24, 2.45) is 11.8 Å². The van der Waals surface area contributed by atoms with Crippen molar-refractivity contribution < 1.29 is 4.43 Å². The molecule has 3 aliphatic heterocycles. The summed E-state index contributed by atoms with van der Waals surface area (Å²) in [6.45, 7) is 10.2. The van der Waals surface area contributed by atoms with Gasteiger partial charge in [0.1, 0.15) is 0 Å². The molecule has 3 aliphatic rings. The predicted octanol–water partition coefficient (Wildman–Crippen LogP) is 7.41. The van der Waals surface area contributed by atoms with Crippen LogP contribution in [0.5, 0.6) is 0 Å². The lowest BCUT2D eigenvalue weighted by Crippen LogP contribution is -2.68. The molecule has 4 aromatic carbocycles. The van der Waals surface area contributed by atoms with Crippen LogP contribution in [-0.4, -0.2) is 39.0 Å². The summed E-state index contributed by atoms with van der Waals surface area (Å²) >= 11 is 0. The van der Waals surface area contributed by atoms with Gasteiger partial charge in [0.25, 0.3) is 8.32 Å². The Bertz CT molecular complexity index is 1350. The maximum Gasteiger partial charge on any atom is 0.261 e. The molecule has 4 atom stereocenters. The smallest absolute Gasteiger partial charge is 0.261 e. The molecule has 0 spiro atoms. The van der Waals surface area contributed by atoms with Crippen LogP contribution in [0.25, 0.3) is 5.57 Å². The molecule has 0 aliphatic carbocycles. The van der Waals surface area contributed by atoms with E-state index < -0.39 is 8.32 Å². The quantitative estimate of drug-likeness (QED) is 0.209. The third-order valence-corrected chi connectivity index (χ3v) is 14.4. The van der Waals surface area contributed by atoms with Crippen LogP contribution in [0.1, 0.15) is 44.7 Å². The molecule has 0 amide bonds.